The van der Waals surface area contributed by atoms with Crippen LogP contribution in [0.15, 0.2) is 55.3 Å². The molecule has 5 rings (SSSR count). The van der Waals surface area contributed by atoms with Crippen molar-refractivity contribution in [1.29, 1.82) is 0 Å². The minimum atomic E-state index is -4.39. The zero-order chi connectivity index (χ0) is 21.1. The molecule has 1 saturated carbocycles. The maximum Gasteiger partial charge on any atom is 0.416 e. The number of benzene rings is 1. The molecular formula is C22H19F3N4O. The molecule has 3 aromatic rings. The van der Waals surface area contributed by atoms with Crippen LogP contribution in [0.5, 0.6) is 0 Å². The molecule has 0 N–H and O–H groups in total. The van der Waals surface area contributed by atoms with Crippen LogP contribution in [-0.2, 0) is 11.0 Å². The van der Waals surface area contributed by atoms with Crippen LogP contribution in [0.1, 0.15) is 24.4 Å². The summed E-state index contributed by atoms with van der Waals surface area (Å²) in [5, 5.41) is 4.80. The van der Waals surface area contributed by atoms with Crippen LogP contribution in [0.4, 0.5) is 13.2 Å². The van der Waals surface area contributed by atoms with Gasteiger partial charge in [0.2, 0.25) is 5.91 Å². The number of nitrogens with zero attached hydrogens (tertiary/aromatic N) is 4. The molecule has 3 heterocycles. The molecule has 1 aliphatic carbocycles. The number of aromatic nitrogens is 3. The second-order valence-corrected chi connectivity index (χ2v) is 8.04. The van der Waals surface area contributed by atoms with Gasteiger partial charge in [-0.25, -0.2) is 0 Å². The van der Waals surface area contributed by atoms with E-state index in [-0.39, 0.29) is 17.4 Å². The van der Waals surface area contributed by atoms with E-state index >= 15 is 0 Å². The molecule has 5 nitrogen and oxygen atoms in total. The van der Waals surface area contributed by atoms with Crippen LogP contribution in [0.3, 0.4) is 0 Å². The van der Waals surface area contributed by atoms with Crippen molar-refractivity contribution in [2.75, 3.05) is 13.1 Å². The Labute approximate surface area is 170 Å². The Bertz CT molecular complexity index is 1150. The summed E-state index contributed by atoms with van der Waals surface area (Å²) < 4.78 is 40.7. The molecule has 2 aliphatic rings. The summed E-state index contributed by atoms with van der Waals surface area (Å²) in [6.07, 6.45) is 0.610. The summed E-state index contributed by atoms with van der Waals surface area (Å²) in [4.78, 5) is 18.4. The molecule has 1 unspecified atom stereocenters. The number of likely N-dealkylation sites (tertiary alicyclic amines) is 1. The molecule has 0 radical (unpaired) electrons. The molecule has 1 aromatic carbocycles. The first kappa shape index (κ1) is 18.8. The van der Waals surface area contributed by atoms with Gasteiger partial charge in [-0.2, -0.15) is 18.3 Å². The summed E-state index contributed by atoms with van der Waals surface area (Å²) in [6.45, 7) is 4.78. The summed E-state index contributed by atoms with van der Waals surface area (Å²) in [5.74, 6) is -0.0960. The molecule has 1 amide bonds. The SMILES string of the molecule is C=CC(=O)N1CC(n2nc(-c3ccc(C(F)(F)F)cc3)c3ncccc32)C2(CC2)C1. The molecule has 2 aromatic heterocycles. The Morgan fingerprint density at radius 2 is 1.93 bits per heavy atom. The fraction of sp³-hybridized carbons (Fsp3) is 0.318. The highest BCUT2D eigenvalue weighted by Crippen LogP contribution is 2.58. The number of fused-ring (bicyclic) bond motifs is 1. The van der Waals surface area contributed by atoms with E-state index in [4.69, 9.17) is 5.10 Å². The second kappa shape index (κ2) is 6.42. The predicted molar refractivity (Wildman–Crippen MR) is 105 cm³/mol. The summed E-state index contributed by atoms with van der Waals surface area (Å²) >= 11 is 0. The summed E-state index contributed by atoms with van der Waals surface area (Å²) in [6, 6.07) is 8.71. The molecule has 30 heavy (non-hydrogen) atoms. The Morgan fingerprint density at radius 1 is 1.20 bits per heavy atom. The largest absolute Gasteiger partial charge is 0.416 e. The lowest BCUT2D eigenvalue weighted by Crippen LogP contribution is -2.27. The van der Waals surface area contributed by atoms with Gasteiger partial charge in [-0.3, -0.25) is 14.5 Å². The van der Waals surface area contributed by atoms with E-state index in [1.54, 1.807) is 11.1 Å². The minimum Gasteiger partial charge on any atom is -0.336 e. The first-order valence-corrected chi connectivity index (χ1v) is 9.75. The van der Waals surface area contributed by atoms with E-state index in [0.717, 1.165) is 30.5 Å². The highest BCUT2D eigenvalue weighted by atomic mass is 19.4. The minimum absolute atomic E-state index is 0.00343. The maximum absolute atomic E-state index is 12.9. The van der Waals surface area contributed by atoms with Gasteiger partial charge in [0.1, 0.15) is 11.2 Å². The fourth-order valence-corrected chi connectivity index (χ4v) is 4.46. The van der Waals surface area contributed by atoms with Crippen LogP contribution in [-0.4, -0.2) is 38.7 Å². The van der Waals surface area contributed by atoms with Crippen molar-refractivity contribution in [3.8, 4) is 11.3 Å². The third-order valence-electron chi connectivity index (χ3n) is 6.23. The Balaban J connectivity index is 1.59. The van der Waals surface area contributed by atoms with E-state index in [0.29, 0.717) is 29.9 Å². The number of carbonyl (C=O) groups is 1. The lowest BCUT2D eigenvalue weighted by Gasteiger charge is -2.18. The van der Waals surface area contributed by atoms with E-state index < -0.39 is 11.7 Å². The van der Waals surface area contributed by atoms with Crippen molar-refractivity contribution in [2.45, 2.75) is 25.1 Å². The van der Waals surface area contributed by atoms with E-state index in [9.17, 15) is 18.0 Å². The normalized spacial score (nSPS) is 20.1. The Morgan fingerprint density at radius 3 is 2.57 bits per heavy atom. The number of hydrogen-bond acceptors (Lipinski definition) is 3. The van der Waals surface area contributed by atoms with Gasteiger partial charge >= 0.3 is 6.18 Å². The molecule has 8 heteroatoms. The van der Waals surface area contributed by atoms with Crippen LogP contribution in [0.25, 0.3) is 22.3 Å². The number of halogens is 3. The lowest BCUT2D eigenvalue weighted by atomic mass is 10.0. The molecule has 154 valence electrons. The predicted octanol–water partition coefficient (Wildman–Crippen LogP) is 4.47. The smallest absolute Gasteiger partial charge is 0.336 e. The molecule has 1 aliphatic heterocycles. The van der Waals surface area contributed by atoms with Gasteiger partial charge in [-0.05, 0) is 43.2 Å². The van der Waals surface area contributed by atoms with E-state index in [1.807, 2.05) is 16.8 Å². The van der Waals surface area contributed by atoms with E-state index in [2.05, 4.69) is 11.6 Å². The van der Waals surface area contributed by atoms with Gasteiger partial charge < -0.3 is 4.90 Å². The zero-order valence-corrected chi connectivity index (χ0v) is 16.1. The zero-order valence-electron chi connectivity index (χ0n) is 16.1. The average Bonchev–Trinajstić information content (AvgIpc) is 3.26. The first-order valence-electron chi connectivity index (χ1n) is 9.75. The lowest BCUT2D eigenvalue weighted by molar-refractivity contribution is -0.137. The average molecular weight is 412 g/mol. The molecule has 0 bridgehead atoms. The topological polar surface area (TPSA) is 51.0 Å². The molecular weight excluding hydrogens is 393 g/mol. The van der Waals surface area contributed by atoms with Crippen molar-refractivity contribution in [2.24, 2.45) is 5.41 Å². The monoisotopic (exact) mass is 412 g/mol. The van der Waals surface area contributed by atoms with Crippen molar-refractivity contribution in [3.63, 3.8) is 0 Å². The van der Waals surface area contributed by atoms with Crippen LogP contribution < -0.4 is 0 Å². The number of carbonyl (C=O) groups excluding carboxylic acids is 1. The summed E-state index contributed by atoms with van der Waals surface area (Å²) in [7, 11) is 0. The quantitative estimate of drug-likeness (QED) is 0.597. The first-order chi connectivity index (χ1) is 14.3. The number of rotatable bonds is 3. The van der Waals surface area contributed by atoms with Gasteiger partial charge in [0.15, 0.2) is 0 Å². The van der Waals surface area contributed by atoms with Crippen molar-refractivity contribution >= 4 is 16.9 Å². The molecule has 2 fully saturated rings. The second-order valence-electron chi connectivity index (χ2n) is 8.04. The Hall–Kier alpha value is -3.16. The fourth-order valence-electron chi connectivity index (χ4n) is 4.46. The Kier molecular flexibility index (Phi) is 4.03. The number of pyridine rings is 1. The van der Waals surface area contributed by atoms with Gasteiger partial charge in [0.05, 0.1) is 17.1 Å². The third-order valence-corrected chi connectivity index (χ3v) is 6.23. The van der Waals surface area contributed by atoms with Crippen molar-refractivity contribution in [1.82, 2.24) is 19.7 Å². The summed E-state index contributed by atoms with van der Waals surface area (Å²) in [5.41, 5.74) is 1.87. The molecule has 1 spiro atoms. The molecule has 1 atom stereocenters. The van der Waals surface area contributed by atoms with Gasteiger partial charge in [0.25, 0.3) is 0 Å². The highest BCUT2D eigenvalue weighted by molar-refractivity contribution is 5.90. The van der Waals surface area contributed by atoms with Crippen LogP contribution in [0, 0.1) is 5.41 Å². The maximum atomic E-state index is 12.9. The third kappa shape index (κ3) is 2.89. The number of alkyl halides is 3. The van der Waals surface area contributed by atoms with Crippen molar-refractivity contribution in [3.05, 3.63) is 60.8 Å². The highest BCUT2D eigenvalue weighted by Gasteiger charge is 2.57. The van der Waals surface area contributed by atoms with Crippen molar-refractivity contribution < 1.29 is 18.0 Å². The number of hydrogen-bond donors (Lipinski definition) is 0. The molecule has 1 saturated heterocycles. The van der Waals surface area contributed by atoms with Crippen LogP contribution >= 0.6 is 0 Å². The standard InChI is InChI=1S/C22H19F3N4O/c1-2-18(30)28-12-17(21(13-28)9-10-21)29-16-4-3-11-26-20(16)19(27-29)14-5-7-15(8-6-14)22(23,24)25/h2-8,11,17H,1,9-10,12-13H2. The van der Waals surface area contributed by atoms with Gasteiger partial charge in [-0.1, -0.05) is 18.7 Å². The number of amides is 1. The van der Waals surface area contributed by atoms with Gasteiger partial charge in [-0.15, -0.1) is 0 Å². The van der Waals surface area contributed by atoms with Crippen LogP contribution in [0.2, 0.25) is 0 Å². The van der Waals surface area contributed by atoms with E-state index in [1.165, 1.54) is 18.2 Å². The van der Waals surface area contributed by atoms with Gasteiger partial charge in [0, 0.05) is 30.3 Å².